The number of aryl methyl sites for hydroxylation is 1. The van der Waals surface area contributed by atoms with Crippen molar-refractivity contribution in [3.8, 4) is 5.75 Å². The smallest absolute Gasteiger partial charge is 0.315 e. The molecule has 1 atom stereocenters. The minimum atomic E-state index is -0.410. The summed E-state index contributed by atoms with van der Waals surface area (Å²) in [4.78, 5) is 24.1. The first-order valence-corrected chi connectivity index (χ1v) is 9.51. The molecule has 0 saturated heterocycles. The number of hydrogen-bond donors (Lipinski definition) is 3. The van der Waals surface area contributed by atoms with E-state index < -0.39 is 6.03 Å². The zero-order chi connectivity index (χ0) is 19.8. The van der Waals surface area contributed by atoms with Gasteiger partial charge in [-0.1, -0.05) is 28.1 Å². The van der Waals surface area contributed by atoms with Crippen molar-refractivity contribution in [2.45, 2.75) is 26.8 Å². The van der Waals surface area contributed by atoms with Gasteiger partial charge < -0.3 is 20.7 Å². The monoisotopic (exact) mass is 433 g/mol. The number of anilines is 1. The average Bonchev–Trinajstić information content (AvgIpc) is 2.63. The summed E-state index contributed by atoms with van der Waals surface area (Å²) < 4.78 is 6.41. The lowest BCUT2D eigenvalue weighted by Gasteiger charge is -2.16. The van der Waals surface area contributed by atoms with Crippen molar-refractivity contribution in [2.75, 3.05) is 18.5 Å². The number of carbonyl (C=O) groups is 2. The quantitative estimate of drug-likeness (QED) is 0.613. The van der Waals surface area contributed by atoms with Crippen LogP contribution in [0.3, 0.4) is 0 Å². The fourth-order valence-corrected chi connectivity index (χ4v) is 2.97. The Morgan fingerprint density at radius 1 is 1.19 bits per heavy atom. The highest BCUT2D eigenvalue weighted by Crippen LogP contribution is 2.20. The van der Waals surface area contributed by atoms with Crippen LogP contribution in [0, 0.1) is 6.92 Å². The molecule has 0 heterocycles. The van der Waals surface area contributed by atoms with Gasteiger partial charge in [0.1, 0.15) is 5.75 Å². The highest BCUT2D eigenvalue weighted by molar-refractivity contribution is 9.10. The second-order valence-electron chi connectivity index (χ2n) is 6.06. The maximum absolute atomic E-state index is 12.1. The van der Waals surface area contributed by atoms with Gasteiger partial charge in [-0.25, -0.2) is 4.79 Å². The largest absolute Gasteiger partial charge is 0.494 e. The molecule has 27 heavy (non-hydrogen) atoms. The fourth-order valence-electron chi connectivity index (χ4n) is 2.49. The first kappa shape index (κ1) is 20.8. The molecule has 0 aliphatic rings. The van der Waals surface area contributed by atoms with E-state index in [1.807, 2.05) is 63.2 Å². The van der Waals surface area contributed by atoms with Crippen LogP contribution in [0.4, 0.5) is 10.5 Å². The highest BCUT2D eigenvalue weighted by atomic mass is 79.9. The number of nitrogens with one attached hydrogen (secondary N) is 3. The molecule has 2 rings (SSSR count). The third-order valence-electron chi connectivity index (χ3n) is 3.89. The topological polar surface area (TPSA) is 79.5 Å². The Bertz CT molecular complexity index is 811. The Labute approximate surface area is 167 Å². The van der Waals surface area contributed by atoms with Crippen LogP contribution in [0.1, 0.15) is 31.0 Å². The molecular formula is C20H24BrN3O3. The number of benzene rings is 2. The first-order chi connectivity index (χ1) is 12.9. The van der Waals surface area contributed by atoms with E-state index >= 15 is 0 Å². The molecule has 6 nitrogen and oxygen atoms in total. The van der Waals surface area contributed by atoms with E-state index in [1.54, 1.807) is 0 Å². The molecule has 0 aromatic heterocycles. The van der Waals surface area contributed by atoms with Crippen molar-refractivity contribution < 1.29 is 14.3 Å². The molecule has 1 unspecified atom stereocenters. The van der Waals surface area contributed by atoms with Crippen LogP contribution in [0.15, 0.2) is 46.9 Å². The number of hydrogen-bond acceptors (Lipinski definition) is 3. The average molecular weight is 434 g/mol. The Kier molecular flexibility index (Phi) is 7.67. The van der Waals surface area contributed by atoms with Gasteiger partial charge in [-0.3, -0.25) is 4.79 Å². The molecule has 0 spiro atoms. The molecular weight excluding hydrogens is 410 g/mol. The molecule has 3 N–H and O–H groups in total. The maximum Gasteiger partial charge on any atom is 0.315 e. The van der Waals surface area contributed by atoms with Crippen LogP contribution >= 0.6 is 15.9 Å². The summed E-state index contributed by atoms with van der Waals surface area (Å²) in [5, 5.41) is 8.16. The van der Waals surface area contributed by atoms with Gasteiger partial charge in [-0.05, 0) is 62.2 Å². The van der Waals surface area contributed by atoms with E-state index in [1.165, 1.54) is 0 Å². The van der Waals surface area contributed by atoms with Crippen molar-refractivity contribution in [2.24, 2.45) is 0 Å². The molecule has 0 fully saturated rings. The normalized spacial score (nSPS) is 11.4. The summed E-state index contributed by atoms with van der Waals surface area (Å²) in [6, 6.07) is 12.5. The molecule has 0 aliphatic carbocycles. The lowest BCUT2D eigenvalue weighted by atomic mass is 10.1. The Balaban J connectivity index is 1.82. The second kappa shape index (κ2) is 9.97. The Morgan fingerprint density at radius 2 is 1.96 bits per heavy atom. The third-order valence-corrected chi connectivity index (χ3v) is 4.38. The standard InChI is InChI=1S/C20H24BrN3O3/c1-4-27-17-7-5-6-15(11-17)14(3)23-20(26)22-12-19(25)24-18-9-8-16(21)10-13(18)2/h5-11,14H,4,12H2,1-3H3,(H,24,25)(H2,22,23,26). The lowest BCUT2D eigenvalue weighted by molar-refractivity contribution is -0.115. The molecule has 7 heteroatoms. The number of halogens is 1. The zero-order valence-corrected chi connectivity index (χ0v) is 17.2. The lowest BCUT2D eigenvalue weighted by Crippen LogP contribution is -2.41. The van der Waals surface area contributed by atoms with Crippen LogP contribution in [-0.4, -0.2) is 25.1 Å². The van der Waals surface area contributed by atoms with Gasteiger partial charge in [0.05, 0.1) is 19.2 Å². The van der Waals surface area contributed by atoms with Gasteiger partial charge in [0.25, 0.3) is 0 Å². The van der Waals surface area contributed by atoms with Crippen LogP contribution in [0.5, 0.6) is 5.75 Å². The predicted octanol–water partition coefficient (Wildman–Crippen LogP) is 4.16. The van der Waals surface area contributed by atoms with E-state index in [4.69, 9.17) is 4.74 Å². The number of carbonyl (C=O) groups excluding carboxylic acids is 2. The molecule has 0 saturated carbocycles. The summed E-state index contributed by atoms with van der Waals surface area (Å²) in [6.45, 7) is 6.16. The predicted molar refractivity (Wildman–Crippen MR) is 110 cm³/mol. The summed E-state index contributed by atoms with van der Waals surface area (Å²) >= 11 is 3.38. The number of rotatable bonds is 7. The van der Waals surface area contributed by atoms with Crippen LogP contribution in [0.25, 0.3) is 0 Å². The highest BCUT2D eigenvalue weighted by Gasteiger charge is 2.12. The van der Waals surface area contributed by atoms with E-state index in [2.05, 4.69) is 31.9 Å². The second-order valence-corrected chi connectivity index (χ2v) is 6.98. The van der Waals surface area contributed by atoms with Crippen molar-refractivity contribution in [3.63, 3.8) is 0 Å². The van der Waals surface area contributed by atoms with E-state index in [0.717, 1.165) is 21.3 Å². The first-order valence-electron chi connectivity index (χ1n) is 8.72. The van der Waals surface area contributed by atoms with Crippen molar-refractivity contribution >= 4 is 33.6 Å². The van der Waals surface area contributed by atoms with Crippen LogP contribution < -0.4 is 20.7 Å². The zero-order valence-electron chi connectivity index (χ0n) is 15.6. The van der Waals surface area contributed by atoms with Gasteiger partial charge in [-0.15, -0.1) is 0 Å². The number of ether oxygens (including phenoxy) is 1. The van der Waals surface area contributed by atoms with Crippen LogP contribution in [0.2, 0.25) is 0 Å². The molecule has 0 radical (unpaired) electrons. The Morgan fingerprint density at radius 3 is 2.67 bits per heavy atom. The molecule has 2 aromatic rings. The van der Waals surface area contributed by atoms with E-state index in [-0.39, 0.29) is 18.5 Å². The van der Waals surface area contributed by atoms with Crippen molar-refractivity contribution in [1.29, 1.82) is 0 Å². The minimum Gasteiger partial charge on any atom is -0.494 e. The summed E-state index contributed by atoms with van der Waals surface area (Å²) in [5.41, 5.74) is 2.57. The van der Waals surface area contributed by atoms with Gasteiger partial charge >= 0.3 is 6.03 Å². The van der Waals surface area contributed by atoms with E-state index in [9.17, 15) is 9.59 Å². The van der Waals surface area contributed by atoms with Crippen molar-refractivity contribution in [1.82, 2.24) is 10.6 Å². The Hall–Kier alpha value is -2.54. The molecule has 2 aromatic carbocycles. The SMILES string of the molecule is CCOc1cccc(C(C)NC(=O)NCC(=O)Nc2ccc(Br)cc2C)c1. The van der Waals surface area contributed by atoms with Gasteiger partial charge in [-0.2, -0.15) is 0 Å². The fraction of sp³-hybridized carbons (Fsp3) is 0.300. The van der Waals surface area contributed by atoms with E-state index in [0.29, 0.717) is 12.3 Å². The summed E-state index contributed by atoms with van der Waals surface area (Å²) in [6.07, 6.45) is 0. The summed E-state index contributed by atoms with van der Waals surface area (Å²) in [5.74, 6) is 0.467. The van der Waals surface area contributed by atoms with Gasteiger partial charge in [0.15, 0.2) is 0 Å². The van der Waals surface area contributed by atoms with Gasteiger partial charge in [0, 0.05) is 10.2 Å². The van der Waals surface area contributed by atoms with Crippen molar-refractivity contribution in [3.05, 3.63) is 58.1 Å². The number of urea groups is 1. The third kappa shape index (κ3) is 6.60. The molecule has 0 bridgehead atoms. The number of amides is 3. The minimum absolute atomic E-state index is 0.118. The van der Waals surface area contributed by atoms with Crippen LogP contribution in [-0.2, 0) is 4.79 Å². The molecule has 144 valence electrons. The molecule has 0 aliphatic heterocycles. The maximum atomic E-state index is 12.1. The summed E-state index contributed by atoms with van der Waals surface area (Å²) in [7, 11) is 0. The van der Waals surface area contributed by atoms with Gasteiger partial charge in [0.2, 0.25) is 5.91 Å². The molecule has 3 amide bonds.